The molecule has 0 aliphatic rings. The van der Waals surface area contributed by atoms with E-state index in [1.165, 1.54) is 23.5 Å². The molecule has 0 aliphatic heterocycles. The van der Waals surface area contributed by atoms with Crippen LogP contribution in [0, 0.1) is 0 Å². The highest BCUT2D eigenvalue weighted by Crippen LogP contribution is 2.35. The van der Waals surface area contributed by atoms with E-state index in [1.807, 2.05) is 0 Å². The van der Waals surface area contributed by atoms with Crippen LogP contribution in [0.3, 0.4) is 0 Å². The van der Waals surface area contributed by atoms with Gasteiger partial charge in [0, 0.05) is 18.1 Å². The number of nitrogen functional groups attached to an aromatic ring is 1. The van der Waals surface area contributed by atoms with Gasteiger partial charge >= 0.3 is 0 Å². The first-order valence-electron chi connectivity index (χ1n) is 5.51. The van der Waals surface area contributed by atoms with Crippen LogP contribution >= 0.6 is 11.6 Å². The number of ether oxygens (including phenoxy) is 1. The van der Waals surface area contributed by atoms with Gasteiger partial charge in [-0.05, 0) is 12.1 Å². The first kappa shape index (κ1) is 15.1. The lowest BCUT2D eigenvalue weighted by Crippen LogP contribution is -2.31. The van der Waals surface area contributed by atoms with Crippen LogP contribution in [0.1, 0.15) is 13.8 Å². The molecule has 0 aromatic heterocycles. The summed E-state index contributed by atoms with van der Waals surface area (Å²) in [7, 11) is -2.27. The summed E-state index contributed by atoms with van der Waals surface area (Å²) >= 11 is 5.86. The lowest BCUT2D eigenvalue weighted by Gasteiger charge is -2.20. The molecule has 0 unspecified atom stereocenters. The van der Waals surface area contributed by atoms with Crippen molar-refractivity contribution in [3.8, 4) is 5.75 Å². The lowest BCUT2D eigenvalue weighted by atomic mass is 10.3. The molecule has 0 bridgehead atoms. The molecule has 0 aliphatic carbocycles. The van der Waals surface area contributed by atoms with Crippen LogP contribution in [0.2, 0.25) is 5.02 Å². The van der Waals surface area contributed by atoms with E-state index >= 15 is 0 Å². The number of methoxy groups -OCH3 is 1. The Kier molecular flexibility index (Phi) is 4.84. The van der Waals surface area contributed by atoms with Crippen molar-refractivity contribution in [3.05, 3.63) is 17.2 Å². The molecule has 0 atom stereocenters. The fraction of sp³-hybridized carbons (Fsp3) is 0.455. The number of halogens is 1. The topological polar surface area (TPSA) is 72.6 Å². The molecule has 0 saturated carbocycles. The molecule has 18 heavy (non-hydrogen) atoms. The van der Waals surface area contributed by atoms with Crippen LogP contribution in [0.5, 0.6) is 5.75 Å². The average Bonchev–Trinajstić information content (AvgIpc) is 2.29. The van der Waals surface area contributed by atoms with Crippen molar-refractivity contribution < 1.29 is 13.2 Å². The second kappa shape index (κ2) is 5.77. The smallest absolute Gasteiger partial charge is 0.246 e. The molecule has 0 radical (unpaired) electrons. The first-order chi connectivity index (χ1) is 8.38. The average molecular weight is 293 g/mol. The monoisotopic (exact) mass is 292 g/mol. The number of benzene rings is 1. The van der Waals surface area contributed by atoms with E-state index in [-0.39, 0.29) is 21.4 Å². The number of sulfonamides is 1. The Morgan fingerprint density at radius 3 is 2.33 bits per heavy atom. The molecular formula is C11H17ClN2O3S. The van der Waals surface area contributed by atoms with Gasteiger partial charge in [-0.2, -0.15) is 4.31 Å². The van der Waals surface area contributed by atoms with Crippen LogP contribution in [0.25, 0.3) is 0 Å². The van der Waals surface area contributed by atoms with E-state index < -0.39 is 10.0 Å². The largest absolute Gasteiger partial charge is 0.493 e. The van der Waals surface area contributed by atoms with Gasteiger partial charge in [-0.15, -0.1) is 0 Å². The molecular weight excluding hydrogens is 276 g/mol. The molecule has 0 heterocycles. The summed E-state index contributed by atoms with van der Waals surface area (Å²) in [4.78, 5) is -0.00120. The lowest BCUT2D eigenvalue weighted by molar-refractivity contribution is 0.397. The molecule has 1 aromatic rings. The van der Waals surface area contributed by atoms with Crippen LogP contribution in [-0.4, -0.2) is 32.9 Å². The normalized spacial score (nSPS) is 11.8. The van der Waals surface area contributed by atoms with Crippen molar-refractivity contribution in [2.75, 3.05) is 25.9 Å². The minimum absolute atomic E-state index is 0.00120. The Hall–Kier alpha value is -0.980. The second-order valence-electron chi connectivity index (χ2n) is 3.62. The summed E-state index contributed by atoms with van der Waals surface area (Å²) in [5.41, 5.74) is 5.92. The third kappa shape index (κ3) is 2.71. The second-order valence-corrected chi connectivity index (χ2v) is 5.96. The van der Waals surface area contributed by atoms with Gasteiger partial charge in [-0.25, -0.2) is 8.42 Å². The summed E-state index contributed by atoms with van der Waals surface area (Å²) in [6.07, 6.45) is 0. The van der Waals surface area contributed by atoms with Crippen molar-refractivity contribution in [1.82, 2.24) is 4.31 Å². The Balaban J connectivity index is 3.49. The molecule has 0 spiro atoms. The van der Waals surface area contributed by atoms with Crippen LogP contribution < -0.4 is 10.5 Å². The fourth-order valence-electron chi connectivity index (χ4n) is 1.70. The SMILES string of the molecule is CCN(CC)S(=O)(=O)c1cc(Cl)cc(N)c1OC. The van der Waals surface area contributed by atoms with E-state index in [9.17, 15) is 8.42 Å². The van der Waals surface area contributed by atoms with Gasteiger partial charge in [0.1, 0.15) is 4.90 Å². The fourth-order valence-corrected chi connectivity index (χ4v) is 3.66. The number of nitrogens with zero attached hydrogens (tertiary/aromatic N) is 1. The maximum atomic E-state index is 12.4. The van der Waals surface area contributed by atoms with Gasteiger partial charge in [0.15, 0.2) is 5.75 Å². The highest BCUT2D eigenvalue weighted by molar-refractivity contribution is 7.89. The predicted octanol–water partition coefficient (Wildman–Crippen LogP) is 1.96. The van der Waals surface area contributed by atoms with Gasteiger partial charge in [-0.1, -0.05) is 25.4 Å². The summed E-state index contributed by atoms with van der Waals surface area (Å²) in [6, 6.07) is 2.81. The van der Waals surface area contributed by atoms with Crippen molar-refractivity contribution in [3.63, 3.8) is 0 Å². The summed E-state index contributed by atoms with van der Waals surface area (Å²) < 4.78 is 31.2. The molecule has 0 fully saturated rings. The Morgan fingerprint density at radius 1 is 1.33 bits per heavy atom. The van der Waals surface area contributed by atoms with Crippen LogP contribution in [-0.2, 0) is 10.0 Å². The molecule has 102 valence electrons. The number of nitrogens with two attached hydrogens (primary N) is 1. The zero-order chi connectivity index (χ0) is 13.9. The van der Waals surface area contributed by atoms with Crippen LogP contribution in [0.15, 0.2) is 17.0 Å². The summed E-state index contributed by atoms with van der Waals surface area (Å²) in [5.74, 6) is 0.131. The molecule has 1 aromatic carbocycles. The van der Waals surface area contributed by atoms with Crippen LogP contribution in [0.4, 0.5) is 5.69 Å². The zero-order valence-corrected chi connectivity index (χ0v) is 12.2. The zero-order valence-electron chi connectivity index (χ0n) is 10.6. The highest BCUT2D eigenvalue weighted by Gasteiger charge is 2.27. The van der Waals surface area contributed by atoms with E-state index in [0.717, 1.165) is 0 Å². The third-order valence-corrected chi connectivity index (χ3v) is 4.85. The summed E-state index contributed by atoms with van der Waals surface area (Å²) in [6.45, 7) is 4.27. The number of rotatable bonds is 5. The van der Waals surface area contributed by atoms with Gasteiger partial charge in [0.25, 0.3) is 0 Å². The van der Waals surface area contributed by atoms with Crippen molar-refractivity contribution in [1.29, 1.82) is 0 Å². The minimum atomic E-state index is -3.65. The number of hydrogen-bond acceptors (Lipinski definition) is 4. The maximum absolute atomic E-state index is 12.4. The number of anilines is 1. The van der Waals surface area contributed by atoms with Gasteiger partial charge < -0.3 is 10.5 Å². The van der Waals surface area contributed by atoms with Gasteiger partial charge in [0.2, 0.25) is 10.0 Å². The van der Waals surface area contributed by atoms with E-state index in [0.29, 0.717) is 13.1 Å². The molecule has 5 nitrogen and oxygen atoms in total. The standard InChI is InChI=1S/C11H17ClN2O3S/c1-4-14(5-2)18(15,16)10-7-8(12)6-9(13)11(10)17-3/h6-7H,4-5,13H2,1-3H3. The third-order valence-electron chi connectivity index (χ3n) is 2.58. The van der Waals surface area contributed by atoms with E-state index in [4.69, 9.17) is 22.1 Å². The highest BCUT2D eigenvalue weighted by atomic mass is 35.5. The Morgan fingerprint density at radius 2 is 1.89 bits per heavy atom. The Labute approximate surface area is 113 Å². The van der Waals surface area contributed by atoms with Crippen molar-refractivity contribution in [2.45, 2.75) is 18.7 Å². The molecule has 1 rings (SSSR count). The molecule has 0 amide bonds. The van der Waals surface area contributed by atoms with E-state index in [1.54, 1.807) is 13.8 Å². The van der Waals surface area contributed by atoms with Gasteiger partial charge in [0.05, 0.1) is 12.8 Å². The minimum Gasteiger partial charge on any atom is -0.493 e. The maximum Gasteiger partial charge on any atom is 0.246 e. The predicted molar refractivity (Wildman–Crippen MR) is 72.5 cm³/mol. The van der Waals surface area contributed by atoms with Gasteiger partial charge in [-0.3, -0.25) is 0 Å². The molecule has 2 N–H and O–H groups in total. The molecule has 0 saturated heterocycles. The molecule has 7 heteroatoms. The van der Waals surface area contributed by atoms with Crippen molar-refractivity contribution in [2.24, 2.45) is 0 Å². The Bertz CT molecular complexity index is 527. The van der Waals surface area contributed by atoms with Crippen molar-refractivity contribution >= 4 is 27.3 Å². The summed E-state index contributed by atoms with van der Waals surface area (Å²) in [5, 5.41) is 0.263. The van der Waals surface area contributed by atoms with E-state index in [2.05, 4.69) is 0 Å². The quantitative estimate of drug-likeness (QED) is 0.842. The number of hydrogen-bond donors (Lipinski definition) is 1. The first-order valence-corrected chi connectivity index (χ1v) is 7.33.